The first kappa shape index (κ1) is 22.9. The molecule has 1 amide bonds. The molecule has 0 spiro atoms. The lowest BCUT2D eigenvalue weighted by molar-refractivity contribution is -0.120. The molecule has 9 heteroatoms. The van der Waals surface area contributed by atoms with Gasteiger partial charge in [0.25, 0.3) is 0 Å². The summed E-state index contributed by atoms with van der Waals surface area (Å²) in [5.74, 6) is 0.334. The fourth-order valence-electron chi connectivity index (χ4n) is 2.37. The van der Waals surface area contributed by atoms with E-state index in [1.165, 1.54) is 0 Å². The number of hydrogen-bond donors (Lipinski definition) is 1. The number of hydrogen-bond acceptors (Lipinski definition) is 8. The highest BCUT2D eigenvalue weighted by molar-refractivity contribution is 5.90. The van der Waals surface area contributed by atoms with E-state index < -0.39 is 5.97 Å². The number of carbonyl (C=O) groups excluding carboxylic acids is 2. The lowest BCUT2D eigenvalue weighted by Crippen LogP contribution is -2.27. The summed E-state index contributed by atoms with van der Waals surface area (Å²) in [5.41, 5.74) is 0.331. The van der Waals surface area contributed by atoms with Gasteiger partial charge in [-0.25, -0.2) is 4.79 Å². The third-order valence-electron chi connectivity index (χ3n) is 3.87. The SMILES string of the molecule is CCC(=O)NCCOC(=O)c1ccc2c(c1)OCCOCCOCCOCCO2. The molecule has 0 fully saturated rings. The summed E-state index contributed by atoms with van der Waals surface area (Å²) >= 11 is 0. The van der Waals surface area contributed by atoms with Crippen LogP contribution in [0.3, 0.4) is 0 Å². The summed E-state index contributed by atoms with van der Waals surface area (Å²) in [7, 11) is 0. The molecule has 0 bridgehead atoms. The summed E-state index contributed by atoms with van der Waals surface area (Å²) in [4.78, 5) is 23.5. The van der Waals surface area contributed by atoms with Gasteiger partial charge in [-0.2, -0.15) is 0 Å². The van der Waals surface area contributed by atoms with E-state index in [1.54, 1.807) is 25.1 Å². The number of ether oxygens (including phenoxy) is 6. The summed E-state index contributed by atoms with van der Waals surface area (Å²) in [6, 6.07) is 4.84. The Kier molecular flexibility index (Phi) is 10.9. The molecule has 0 saturated carbocycles. The quantitative estimate of drug-likeness (QED) is 0.570. The Balaban J connectivity index is 1.93. The van der Waals surface area contributed by atoms with Crippen molar-refractivity contribution in [1.29, 1.82) is 0 Å². The Morgan fingerprint density at radius 1 is 0.897 bits per heavy atom. The molecule has 0 atom stereocenters. The van der Waals surface area contributed by atoms with Crippen molar-refractivity contribution >= 4 is 11.9 Å². The second-order valence-corrected chi connectivity index (χ2v) is 6.03. The molecule has 1 N–H and O–H groups in total. The van der Waals surface area contributed by atoms with Crippen LogP contribution >= 0.6 is 0 Å². The fraction of sp³-hybridized carbons (Fsp3) is 0.600. The number of amides is 1. The molecule has 0 radical (unpaired) electrons. The van der Waals surface area contributed by atoms with E-state index in [1.807, 2.05) is 0 Å². The van der Waals surface area contributed by atoms with E-state index in [-0.39, 0.29) is 19.1 Å². The van der Waals surface area contributed by atoms with Crippen LogP contribution in [0.5, 0.6) is 11.5 Å². The first-order chi connectivity index (χ1) is 14.2. The van der Waals surface area contributed by atoms with Crippen molar-refractivity contribution in [3.8, 4) is 11.5 Å². The van der Waals surface area contributed by atoms with Crippen molar-refractivity contribution in [2.24, 2.45) is 0 Å². The Bertz CT molecular complexity index is 637. The molecule has 29 heavy (non-hydrogen) atoms. The highest BCUT2D eigenvalue weighted by Gasteiger charge is 2.13. The standard InChI is InChI=1S/C20H29NO8/c1-2-19(22)21-5-6-29-20(23)16-3-4-17-18(15-16)28-14-12-26-10-8-24-7-9-25-11-13-27-17/h3-4,15H,2,5-14H2,1H3,(H,21,22). The summed E-state index contributed by atoms with van der Waals surface area (Å²) in [5, 5.41) is 2.65. The zero-order valence-corrected chi connectivity index (χ0v) is 16.8. The summed E-state index contributed by atoms with van der Waals surface area (Å²) < 4.78 is 32.9. The monoisotopic (exact) mass is 411 g/mol. The van der Waals surface area contributed by atoms with Gasteiger partial charge in [-0.3, -0.25) is 4.79 Å². The maximum atomic E-state index is 12.3. The molecule has 0 aromatic heterocycles. The molecule has 1 heterocycles. The molecule has 1 aromatic rings. The van der Waals surface area contributed by atoms with Gasteiger partial charge in [-0.1, -0.05) is 6.92 Å². The number of benzene rings is 1. The highest BCUT2D eigenvalue weighted by atomic mass is 16.6. The second-order valence-electron chi connectivity index (χ2n) is 6.03. The first-order valence-electron chi connectivity index (χ1n) is 9.77. The molecule has 2 rings (SSSR count). The Hall–Kier alpha value is -2.36. The maximum absolute atomic E-state index is 12.3. The van der Waals surface area contributed by atoms with E-state index in [4.69, 9.17) is 28.4 Å². The van der Waals surface area contributed by atoms with Crippen LogP contribution in [0.15, 0.2) is 18.2 Å². The van der Waals surface area contributed by atoms with Gasteiger partial charge in [0.2, 0.25) is 5.91 Å². The Morgan fingerprint density at radius 2 is 1.48 bits per heavy atom. The van der Waals surface area contributed by atoms with E-state index in [0.717, 1.165) is 0 Å². The molecule has 0 saturated heterocycles. The van der Waals surface area contributed by atoms with Gasteiger partial charge >= 0.3 is 5.97 Å². The van der Waals surface area contributed by atoms with Crippen LogP contribution in [-0.4, -0.2) is 77.9 Å². The molecule has 162 valence electrons. The summed E-state index contributed by atoms with van der Waals surface area (Å²) in [6.45, 7) is 5.49. The van der Waals surface area contributed by atoms with Crippen LogP contribution in [0.1, 0.15) is 23.7 Å². The van der Waals surface area contributed by atoms with Gasteiger partial charge in [-0.15, -0.1) is 0 Å². The first-order valence-corrected chi connectivity index (χ1v) is 9.77. The molecule has 0 aliphatic carbocycles. The topological polar surface area (TPSA) is 102 Å². The number of fused-ring (bicyclic) bond motifs is 1. The lowest BCUT2D eigenvalue weighted by atomic mass is 10.2. The van der Waals surface area contributed by atoms with Crippen molar-refractivity contribution < 1.29 is 38.0 Å². The van der Waals surface area contributed by atoms with Crippen LogP contribution < -0.4 is 14.8 Å². The Morgan fingerprint density at radius 3 is 2.10 bits per heavy atom. The second kappa shape index (κ2) is 13.8. The van der Waals surface area contributed by atoms with Crippen molar-refractivity contribution in [3.63, 3.8) is 0 Å². The smallest absolute Gasteiger partial charge is 0.338 e. The number of carbonyl (C=O) groups is 2. The minimum Gasteiger partial charge on any atom is -0.487 e. The third-order valence-corrected chi connectivity index (χ3v) is 3.87. The predicted octanol–water partition coefficient (Wildman–Crippen LogP) is 1.19. The van der Waals surface area contributed by atoms with Gasteiger partial charge in [0.15, 0.2) is 11.5 Å². The lowest BCUT2D eigenvalue weighted by Gasteiger charge is -2.14. The normalized spacial score (nSPS) is 16.2. The molecular formula is C20H29NO8. The van der Waals surface area contributed by atoms with Crippen LogP contribution in [0, 0.1) is 0 Å². The molecule has 1 aromatic carbocycles. The number of rotatable bonds is 5. The third kappa shape index (κ3) is 9.12. The zero-order valence-electron chi connectivity index (χ0n) is 16.8. The average molecular weight is 411 g/mol. The van der Waals surface area contributed by atoms with Gasteiger partial charge in [-0.05, 0) is 18.2 Å². The molecule has 0 unspecified atom stereocenters. The minimum atomic E-state index is -0.505. The van der Waals surface area contributed by atoms with Crippen molar-refractivity contribution in [1.82, 2.24) is 5.32 Å². The van der Waals surface area contributed by atoms with Crippen LogP contribution in [-0.2, 0) is 23.7 Å². The molecule has 9 nitrogen and oxygen atoms in total. The minimum absolute atomic E-state index is 0.0895. The van der Waals surface area contributed by atoms with Crippen LogP contribution in [0.25, 0.3) is 0 Å². The van der Waals surface area contributed by atoms with E-state index in [9.17, 15) is 9.59 Å². The average Bonchev–Trinajstić information content (AvgIpc) is 2.75. The largest absolute Gasteiger partial charge is 0.487 e. The molecule has 1 aliphatic heterocycles. The van der Waals surface area contributed by atoms with Crippen LogP contribution in [0.4, 0.5) is 0 Å². The van der Waals surface area contributed by atoms with E-state index >= 15 is 0 Å². The highest BCUT2D eigenvalue weighted by Crippen LogP contribution is 2.29. The van der Waals surface area contributed by atoms with Crippen LogP contribution in [0.2, 0.25) is 0 Å². The zero-order chi connectivity index (χ0) is 20.7. The van der Waals surface area contributed by atoms with Gasteiger partial charge in [0.05, 0.1) is 51.7 Å². The van der Waals surface area contributed by atoms with E-state index in [0.29, 0.717) is 76.3 Å². The van der Waals surface area contributed by atoms with E-state index in [2.05, 4.69) is 5.32 Å². The fourth-order valence-corrected chi connectivity index (χ4v) is 2.37. The van der Waals surface area contributed by atoms with Gasteiger partial charge < -0.3 is 33.7 Å². The maximum Gasteiger partial charge on any atom is 0.338 e. The predicted molar refractivity (Wildman–Crippen MR) is 103 cm³/mol. The number of esters is 1. The Labute approximate surface area is 170 Å². The van der Waals surface area contributed by atoms with Gasteiger partial charge in [0, 0.05) is 6.42 Å². The van der Waals surface area contributed by atoms with Crippen molar-refractivity contribution in [2.75, 3.05) is 66.0 Å². The molecule has 1 aliphatic rings. The van der Waals surface area contributed by atoms with Crippen molar-refractivity contribution in [2.45, 2.75) is 13.3 Å². The van der Waals surface area contributed by atoms with Crippen molar-refractivity contribution in [3.05, 3.63) is 23.8 Å². The molecular weight excluding hydrogens is 382 g/mol. The van der Waals surface area contributed by atoms with Gasteiger partial charge in [0.1, 0.15) is 19.8 Å². The summed E-state index contributed by atoms with van der Waals surface area (Å²) in [6.07, 6.45) is 0.387. The number of nitrogens with one attached hydrogen (secondary N) is 1.